The van der Waals surface area contributed by atoms with E-state index in [9.17, 15) is 17.2 Å². The van der Waals surface area contributed by atoms with Crippen LogP contribution in [0, 0.1) is 11.6 Å². The quantitative estimate of drug-likeness (QED) is 0.830. The predicted octanol–water partition coefficient (Wildman–Crippen LogP) is 2.63. The van der Waals surface area contributed by atoms with Gasteiger partial charge in [0.2, 0.25) is 10.0 Å². The fourth-order valence-corrected chi connectivity index (χ4v) is 3.11. The molecule has 4 nitrogen and oxygen atoms in total. The van der Waals surface area contributed by atoms with E-state index < -0.39 is 27.6 Å². The summed E-state index contributed by atoms with van der Waals surface area (Å²) in [5.74, 6) is -1.81. The third-order valence-electron chi connectivity index (χ3n) is 3.26. The topological polar surface area (TPSA) is 72.2 Å². The molecule has 0 unspecified atom stereocenters. The Balaban J connectivity index is 2.09. The van der Waals surface area contributed by atoms with Crippen molar-refractivity contribution < 1.29 is 17.2 Å². The van der Waals surface area contributed by atoms with E-state index in [0.717, 1.165) is 12.1 Å². The van der Waals surface area contributed by atoms with E-state index in [2.05, 4.69) is 4.72 Å². The molecule has 0 aliphatic carbocycles. The maximum absolute atomic E-state index is 13.7. The fourth-order valence-electron chi connectivity index (χ4n) is 1.98. The van der Waals surface area contributed by atoms with Crippen molar-refractivity contribution in [3.63, 3.8) is 0 Å². The molecule has 0 saturated carbocycles. The van der Waals surface area contributed by atoms with Gasteiger partial charge in [0.15, 0.2) is 0 Å². The first-order chi connectivity index (χ1) is 10.3. The van der Waals surface area contributed by atoms with Gasteiger partial charge in [-0.3, -0.25) is 0 Å². The Bertz CT molecular complexity index is 762. The van der Waals surface area contributed by atoms with Crippen LogP contribution in [0.5, 0.6) is 0 Å². The molecule has 118 valence electrons. The molecular formula is C15H16F2N2O2S. The number of halogens is 2. The number of nitrogens with two attached hydrogens (primary N) is 1. The van der Waals surface area contributed by atoms with Gasteiger partial charge in [-0.25, -0.2) is 21.9 Å². The smallest absolute Gasteiger partial charge is 0.240 e. The standard InChI is InChI=1S/C15H16F2N2O2S/c1-10(14-7-2-11(16)8-15(14)17)9-19-22(20,21)13-5-3-12(18)4-6-13/h2-8,10,19H,9,18H2,1H3/t10-/m1/s1. The lowest BCUT2D eigenvalue weighted by Gasteiger charge is -2.14. The van der Waals surface area contributed by atoms with Gasteiger partial charge in [0.25, 0.3) is 0 Å². The summed E-state index contributed by atoms with van der Waals surface area (Å²) in [5, 5.41) is 0. The average molecular weight is 326 g/mol. The van der Waals surface area contributed by atoms with E-state index in [-0.39, 0.29) is 17.0 Å². The Labute approximate surface area is 128 Å². The number of benzene rings is 2. The van der Waals surface area contributed by atoms with Crippen LogP contribution in [-0.2, 0) is 10.0 Å². The van der Waals surface area contributed by atoms with Crippen LogP contribution in [0.3, 0.4) is 0 Å². The van der Waals surface area contributed by atoms with E-state index in [4.69, 9.17) is 5.73 Å². The van der Waals surface area contributed by atoms with Gasteiger partial charge in [-0.05, 0) is 41.8 Å². The molecule has 0 aliphatic heterocycles. The van der Waals surface area contributed by atoms with Gasteiger partial charge in [0.1, 0.15) is 11.6 Å². The number of hydrogen-bond donors (Lipinski definition) is 2. The first kappa shape index (κ1) is 16.4. The summed E-state index contributed by atoms with van der Waals surface area (Å²) in [6, 6.07) is 8.98. The third kappa shape index (κ3) is 3.80. The lowest BCUT2D eigenvalue weighted by molar-refractivity contribution is 0.548. The molecule has 0 aliphatic rings. The van der Waals surface area contributed by atoms with Gasteiger partial charge in [-0.1, -0.05) is 13.0 Å². The maximum Gasteiger partial charge on any atom is 0.240 e. The predicted molar refractivity (Wildman–Crippen MR) is 80.8 cm³/mol. The molecule has 1 atom stereocenters. The SMILES string of the molecule is C[C@H](CNS(=O)(=O)c1ccc(N)cc1)c1ccc(F)cc1F. The molecule has 0 aromatic heterocycles. The Morgan fingerprint density at radius 3 is 2.36 bits per heavy atom. The van der Waals surface area contributed by atoms with Crippen molar-refractivity contribution in [1.82, 2.24) is 4.72 Å². The number of rotatable bonds is 5. The largest absolute Gasteiger partial charge is 0.399 e. The van der Waals surface area contributed by atoms with Crippen molar-refractivity contribution in [1.29, 1.82) is 0 Å². The normalized spacial score (nSPS) is 13.0. The van der Waals surface area contributed by atoms with E-state index in [1.54, 1.807) is 6.92 Å². The van der Waals surface area contributed by atoms with Crippen molar-refractivity contribution in [2.45, 2.75) is 17.7 Å². The third-order valence-corrected chi connectivity index (χ3v) is 4.70. The van der Waals surface area contributed by atoms with Crippen LogP contribution in [-0.4, -0.2) is 15.0 Å². The van der Waals surface area contributed by atoms with E-state index in [1.165, 1.54) is 30.3 Å². The zero-order valence-electron chi connectivity index (χ0n) is 11.9. The molecule has 0 spiro atoms. The Hall–Kier alpha value is -1.99. The number of hydrogen-bond acceptors (Lipinski definition) is 3. The number of nitrogen functional groups attached to an aromatic ring is 1. The van der Waals surface area contributed by atoms with Crippen LogP contribution < -0.4 is 10.5 Å². The molecule has 2 aromatic carbocycles. The number of sulfonamides is 1. The summed E-state index contributed by atoms with van der Waals surface area (Å²) in [6.07, 6.45) is 0. The second-order valence-corrected chi connectivity index (χ2v) is 6.75. The van der Waals surface area contributed by atoms with Gasteiger partial charge in [-0.2, -0.15) is 0 Å². The molecule has 3 N–H and O–H groups in total. The van der Waals surface area contributed by atoms with Gasteiger partial charge in [0, 0.05) is 18.3 Å². The highest BCUT2D eigenvalue weighted by molar-refractivity contribution is 7.89. The van der Waals surface area contributed by atoms with Crippen LogP contribution in [0.4, 0.5) is 14.5 Å². The van der Waals surface area contributed by atoms with Gasteiger partial charge >= 0.3 is 0 Å². The lowest BCUT2D eigenvalue weighted by atomic mass is 10.0. The van der Waals surface area contributed by atoms with Crippen LogP contribution in [0.15, 0.2) is 47.4 Å². The molecule has 2 aromatic rings. The zero-order chi connectivity index (χ0) is 16.3. The molecule has 2 rings (SSSR count). The summed E-state index contributed by atoms with van der Waals surface area (Å²) >= 11 is 0. The van der Waals surface area contributed by atoms with Gasteiger partial charge in [0.05, 0.1) is 4.90 Å². The Kier molecular flexibility index (Phi) is 4.77. The van der Waals surface area contributed by atoms with Crippen molar-refractivity contribution >= 4 is 15.7 Å². The van der Waals surface area contributed by atoms with Gasteiger partial charge < -0.3 is 5.73 Å². The zero-order valence-corrected chi connectivity index (χ0v) is 12.7. The molecule has 22 heavy (non-hydrogen) atoms. The average Bonchev–Trinajstić information content (AvgIpc) is 2.45. The molecule has 0 amide bonds. The van der Waals surface area contributed by atoms with Crippen molar-refractivity contribution in [3.8, 4) is 0 Å². The van der Waals surface area contributed by atoms with E-state index in [0.29, 0.717) is 5.69 Å². The summed E-state index contributed by atoms with van der Waals surface area (Å²) in [6.45, 7) is 1.65. The van der Waals surface area contributed by atoms with Gasteiger partial charge in [-0.15, -0.1) is 0 Å². The van der Waals surface area contributed by atoms with Crippen LogP contribution in [0.25, 0.3) is 0 Å². The highest BCUT2D eigenvalue weighted by atomic mass is 32.2. The van der Waals surface area contributed by atoms with Crippen molar-refractivity contribution in [2.75, 3.05) is 12.3 Å². The maximum atomic E-state index is 13.7. The van der Waals surface area contributed by atoms with Crippen LogP contribution in [0.2, 0.25) is 0 Å². The summed E-state index contributed by atoms with van der Waals surface area (Å²) in [4.78, 5) is 0.0773. The minimum atomic E-state index is -3.70. The second-order valence-electron chi connectivity index (χ2n) is 4.99. The van der Waals surface area contributed by atoms with E-state index in [1.807, 2.05) is 0 Å². The van der Waals surface area contributed by atoms with E-state index >= 15 is 0 Å². The molecule has 0 fully saturated rings. The molecule has 0 radical (unpaired) electrons. The molecule has 0 heterocycles. The summed E-state index contributed by atoms with van der Waals surface area (Å²) in [5.41, 5.74) is 6.22. The Morgan fingerprint density at radius 2 is 1.77 bits per heavy atom. The fraction of sp³-hybridized carbons (Fsp3) is 0.200. The first-order valence-electron chi connectivity index (χ1n) is 6.60. The second kappa shape index (κ2) is 6.41. The molecule has 0 bridgehead atoms. The minimum absolute atomic E-state index is 0.00470. The monoisotopic (exact) mass is 326 g/mol. The molecular weight excluding hydrogens is 310 g/mol. The summed E-state index contributed by atoms with van der Waals surface area (Å²) < 4.78 is 53.2. The molecule has 0 saturated heterocycles. The number of nitrogens with one attached hydrogen (secondary N) is 1. The highest BCUT2D eigenvalue weighted by Crippen LogP contribution is 2.20. The minimum Gasteiger partial charge on any atom is -0.399 e. The van der Waals surface area contributed by atoms with Crippen LogP contribution >= 0.6 is 0 Å². The molecule has 7 heteroatoms. The van der Waals surface area contributed by atoms with Crippen molar-refractivity contribution in [3.05, 3.63) is 59.7 Å². The number of anilines is 1. The van der Waals surface area contributed by atoms with Crippen LogP contribution in [0.1, 0.15) is 18.4 Å². The highest BCUT2D eigenvalue weighted by Gasteiger charge is 2.17. The lowest BCUT2D eigenvalue weighted by Crippen LogP contribution is -2.28. The Morgan fingerprint density at radius 1 is 1.14 bits per heavy atom. The summed E-state index contributed by atoms with van der Waals surface area (Å²) in [7, 11) is -3.70. The van der Waals surface area contributed by atoms with Crippen molar-refractivity contribution in [2.24, 2.45) is 0 Å². The first-order valence-corrected chi connectivity index (χ1v) is 8.08.